The largest absolute Gasteiger partial charge is 0.497 e. The van der Waals surface area contributed by atoms with E-state index in [0.717, 1.165) is 5.39 Å². The molecule has 0 aliphatic heterocycles. The number of nitrogens with zero attached hydrogens (tertiary/aromatic N) is 4. The Morgan fingerprint density at radius 2 is 1.62 bits per heavy atom. The Morgan fingerprint density at radius 3 is 2.32 bits per heavy atom. The third-order valence-corrected chi connectivity index (χ3v) is 8.45. The minimum absolute atomic E-state index is 0.203. The van der Waals surface area contributed by atoms with Gasteiger partial charge in [-0.15, -0.1) is 10.2 Å². The molecule has 190 valence electrons. The van der Waals surface area contributed by atoms with Crippen molar-refractivity contribution < 1.29 is 17.9 Å². The highest BCUT2D eigenvalue weighted by molar-refractivity contribution is 7.99. The first-order valence-electron chi connectivity index (χ1n) is 11.6. The molecular formula is C27H26N4O4S2. The van der Waals surface area contributed by atoms with Crippen LogP contribution in [-0.2, 0) is 10.0 Å². The molecule has 0 saturated carbocycles. The van der Waals surface area contributed by atoms with Gasteiger partial charge in [0.15, 0.2) is 11.0 Å². The van der Waals surface area contributed by atoms with Gasteiger partial charge in [0.25, 0.3) is 10.0 Å². The Balaban J connectivity index is 1.81. The molecule has 10 heteroatoms. The van der Waals surface area contributed by atoms with Crippen LogP contribution in [0.5, 0.6) is 11.5 Å². The third-order valence-electron chi connectivity index (χ3n) is 5.82. The van der Waals surface area contributed by atoms with Crippen molar-refractivity contribution in [3.63, 3.8) is 0 Å². The molecule has 3 aromatic carbocycles. The fourth-order valence-corrected chi connectivity index (χ4v) is 6.34. The fraction of sp³-hybridized carbons (Fsp3) is 0.185. The Bertz CT molecular complexity index is 1680. The third kappa shape index (κ3) is 4.47. The first kappa shape index (κ1) is 24.9. The van der Waals surface area contributed by atoms with Gasteiger partial charge in [-0.05, 0) is 30.3 Å². The summed E-state index contributed by atoms with van der Waals surface area (Å²) in [6.45, 7) is 4.15. The lowest BCUT2D eigenvalue weighted by atomic mass is 10.1. The van der Waals surface area contributed by atoms with Crippen LogP contribution in [-0.4, -0.2) is 46.6 Å². The van der Waals surface area contributed by atoms with Gasteiger partial charge in [-0.25, -0.2) is 12.4 Å². The van der Waals surface area contributed by atoms with Gasteiger partial charge >= 0.3 is 0 Å². The molecule has 0 radical (unpaired) electrons. The average Bonchev–Trinajstić information content (AvgIpc) is 3.50. The maximum atomic E-state index is 13.7. The van der Waals surface area contributed by atoms with Gasteiger partial charge in [-0.1, -0.05) is 62.0 Å². The molecule has 0 saturated heterocycles. The van der Waals surface area contributed by atoms with Crippen LogP contribution in [0.4, 0.5) is 0 Å². The zero-order valence-electron chi connectivity index (χ0n) is 20.8. The molecule has 0 unspecified atom stereocenters. The van der Waals surface area contributed by atoms with Crippen molar-refractivity contribution in [1.82, 2.24) is 18.7 Å². The summed E-state index contributed by atoms with van der Waals surface area (Å²) in [5.41, 5.74) is 1.86. The predicted molar refractivity (Wildman–Crippen MR) is 145 cm³/mol. The summed E-state index contributed by atoms with van der Waals surface area (Å²) in [5.74, 6) is 1.74. The van der Waals surface area contributed by atoms with Crippen LogP contribution < -0.4 is 9.47 Å². The second-order valence-corrected chi connectivity index (χ2v) is 11.9. The second-order valence-electron chi connectivity index (χ2n) is 8.52. The maximum Gasteiger partial charge on any atom is 0.268 e. The zero-order valence-corrected chi connectivity index (χ0v) is 22.5. The molecule has 0 amide bonds. The molecule has 0 bridgehead atoms. The molecule has 2 heterocycles. The van der Waals surface area contributed by atoms with Crippen LogP contribution in [0.3, 0.4) is 0 Å². The molecular weight excluding hydrogens is 508 g/mol. The SMILES string of the molecule is COc1ccc(OC)c(-n2c(SC(C)C)nnc2-c2cn(S(=O)(=O)c3ccccc3)c3ccccc23)c1. The van der Waals surface area contributed by atoms with Crippen LogP contribution in [0.15, 0.2) is 89.0 Å². The molecule has 5 rings (SSSR count). The number of hydrogen-bond acceptors (Lipinski definition) is 7. The summed E-state index contributed by atoms with van der Waals surface area (Å²) >= 11 is 1.55. The Hall–Kier alpha value is -3.76. The van der Waals surface area contributed by atoms with E-state index in [4.69, 9.17) is 9.47 Å². The first-order valence-corrected chi connectivity index (χ1v) is 13.9. The van der Waals surface area contributed by atoms with Crippen molar-refractivity contribution in [3.05, 3.63) is 79.0 Å². The lowest BCUT2D eigenvalue weighted by Crippen LogP contribution is -2.11. The van der Waals surface area contributed by atoms with E-state index in [1.165, 1.54) is 3.97 Å². The van der Waals surface area contributed by atoms with E-state index in [1.54, 1.807) is 68.6 Å². The number of rotatable bonds is 8. The van der Waals surface area contributed by atoms with Crippen LogP contribution in [0.2, 0.25) is 0 Å². The van der Waals surface area contributed by atoms with E-state index in [2.05, 4.69) is 24.0 Å². The lowest BCUT2D eigenvalue weighted by Gasteiger charge is -2.15. The number of methoxy groups -OCH3 is 2. The molecule has 8 nitrogen and oxygen atoms in total. The topological polar surface area (TPSA) is 88.2 Å². The van der Waals surface area contributed by atoms with Gasteiger partial charge in [0.2, 0.25) is 0 Å². The van der Waals surface area contributed by atoms with Gasteiger partial charge in [0.1, 0.15) is 11.5 Å². The van der Waals surface area contributed by atoms with Gasteiger partial charge in [0, 0.05) is 28.5 Å². The van der Waals surface area contributed by atoms with E-state index in [9.17, 15) is 8.42 Å². The summed E-state index contributed by atoms with van der Waals surface area (Å²) in [4.78, 5) is 0.203. The lowest BCUT2D eigenvalue weighted by molar-refractivity contribution is 0.401. The number of thioether (sulfide) groups is 1. The summed E-state index contributed by atoms with van der Waals surface area (Å²) in [5, 5.41) is 10.7. The van der Waals surface area contributed by atoms with E-state index in [1.807, 2.05) is 41.0 Å². The molecule has 0 aliphatic rings. The van der Waals surface area contributed by atoms with Gasteiger partial charge in [-0.2, -0.15) is 0 Å². The number of hydrogen-bond donors (Lipinski definition) is 0. The molecule has 0 fully saturated rings. The van der Waals surface area contributed by atoms with Gasteiger partial charge < -0.3 is 9.47 Å². The van der Waals surface area contributed by atoms with E-state index < -0.39 is 10.0 Å². The normalized spacial score (nSPS) is 11.8. The average molecular weight is 535 g/mol. The highest BCUT2D eigenvalue weighted by atomic mass is 32.2. The number of aromatic nitrogens is 4. The van der Waals surface area contributed by atoms with E-state index in [0.29, 0.717) is 39.2 Å². The van der Waals surface area contributed by atoms with Crippen LogP contribution >= 0.6 is 11.8 Å². The first-order chi connectivity index (χ1) is 17.8. The quantitative estimate of drug-likeness (QED) is 0.238. The Kier molecular flexibility index (Phi) is 6.70. The minimum atomic E-state index is -3.86. The van der Waals surface area contributed by atoms with Gasteiger partial charge in [-0.3, -0.25) is 4.57 Å². The summed E-state index contributed by atoms with van der Waals surface area (Å²) < 4.78 is 41.7. The molecule has 0 N–H and O–H groups in total. The van der Waals surface area contributed by atoms with Crippen LogP contribution in [0, 0.1) is 0 Å². The van der Waals surface area contributed by atoms with Crippen molar-refractivity contribution in [3.8, 4) is 28.6 Å². The number of benzene rings is 3. The summed E-state index contributed by atoms with van der Waals surface area (Å²) in [7, 11) is -0.655. The monoisotopic (exact) mass is 534 g/mol. The van der Waals surface area contributed by atoms with E-state index in [-0.39, 0.29) is 10.1 Å². The number of para-hydroxylation sites is 1. The molecule has 5 aromatic rings. The minimum Gasteiger partial charge on any atom is -0.497 e. The van der Waals surface area contributed by atoms with Crippen molar-refractivity contribution in [2.45, 2.75) is 29.1 Å². The molecule has 0 spiro atoms. The van der Waals surface area contributed by atoms with Crippen molar-refractivity contribution in [1.29, 1.82) is 0 Å². The molecule has 2 aromatic heterocycles. The Morgan fingerprint density at radius 1 is 0.892 bits per heavy atom. The van der Waals surface area contributed by atoms with Crippen LogP contribution in [0.1, 0.15) is 13.8 Å². The highest BCUT2D eigenvalue weighted by Crippen LogP contribution is 2.39. The number of ether oxygens (including phenoxy) is 2. The van der Waals surface area contributed by atoms with Crippen LogP contribution in [0.25, 0.3) is 28.0 Å². The zero-order chi connectivity index (χ0) is 26.2. The van der Waals surface area contributed by atoms with Gasteiger partial charge in [0.05, 0.1) is 30.3 Å². The van der Waals surface area contributed by atoms with Crippen molar-refractivity contribution in [2.75, 3.05) is 14.2 Å². The standard InChI is InChI=1S/C27H26N4O4S2/c1-18(2)36-27-29-28-26(31(27)24-16-19(34-3)14-15-25(24)35-4)22-17-30(23-13-9-8-12-21(22)23)37(32,33)20-10-6-5-7-11-20/h5-18H,1-4H3. The van der Waals surface area contributed by atoms with Crippen molar-refractivity contribution >= 4 is 32.7 Å². The summed E-state index contributed by atoms with van der Waals surface area (Å²) in [6.07, 6.45) is 1.62. The molecule has 0 aliphatic carbocycles. The Labute approximate surface area is 219 Å². The highest BCUT2D eigenvalue weighted by Gasteiger charge is 2.26. The second kappa shape index (κ2) is 9.95. The molecule has 0 atom stereocenters. The van der Waals surface area contributed by atoms with E-state index >= 15 is 0 Å². The molecule has 37 heavy (non-hydrogen) atoms. The number of fused-ring (bicyclic) bond motifs is 1. The van der Waals surface area contributed by atoms with Crippen molar-refractivity contribution in [2.24, 2.45) is 0 Å². The fourth-order valence-electron chi connectivity index (χ4n) is 4.15. The summed E-state index contributed by atoms with van der Waals surface area (Å²) in [6, 6.07) is 21.3. The predicted octanol–water partition coefficient (Wildman–Crippen LogP) is 5.64. The maximum absolute atomic E-state index is 13.7. The smallest absolute Gasteiger partial charge is 0.268 e.